The van der Waals surface area contributed by atoms with E-state index in [1.807, 2.05) is 24.3 Å². The van der Waals surface area contributed by atoms with E-state index in [4.69, 9.17) is 9.84 Å². The highest BCUT2D eigenvalue weighted by Crippen LogP contribution is 2.31. The number of carbonyl (C=O) groups excluding carboxylic acids is 1. The van der Waals surface area contributed by atoms with E-state index in [0.29, 0.717) is 23.5 Å². The molecule has 3 aromatic rings. The van der Waals surface area contributed by atoms with Crippen LogP contribution in [0.25, 0.3) is 11.1 Å². The zero-order valence-electron chi connectivity index (χ0n) is 19.8. The van der Waals surface area contributed by atoms with Crippen LogP contribution >= 0.6 is 0 Å². The van der Waals surface area contributed by atoms with E-state index in [1.54, 1.807) is 24.3 Å². The number of halogens is 3. The molecule has 3 aromatic carbocycles. The summed E-state index contributed by atoms with van der Waals surface area (Å²) in [6, 6.07) is 19.4. The van der Waals surface area contributed by atoms with Crippen LogP contribution in [0.2, 0.25) is 0 Å². The third-order valence-corrected chi connectivity index (χ3v) is 5.76. The molecule has 0 aromatic heterocycles. The average Bonchev–Trinajstić information content (AvgIpc) is 2.86. The van der Waals surface area contributed by atoms with Gasteiger partial charge in [0.2, 0.25) is 0 Å². The van der Waals surface area contributed by atoms with E-state index in [2.05, 4.69) is 12.2 Å². The Hall–Kier alpha value is -3.81. The molecule has 2 N–H and O–H groups in total. The van der Waals surface area contributed by atoms with Crippen molar-refractivity contribution in [2.24, 2.45) is 0 Å². The van der Waals surface area contributed by atoms with Crippen LogP contribution in [0.5, 0.6) is 5.75 Å². The molecule has 1 atom stereocenters. The van der Waals surface area contributed by atoms with Gasteiger partial charge in [-0.1, -0.05) is 49.7 Å². The van der Waals surface area contributed by atoms with Gasteiger partial charge in [0.15, 0.2) is 0 Å². The Kier molecular flexibility index (Phi) is 9.11. The molecule has 0 saturated carbocycles. The van der Waals surface area contributed by atoms with Crippen LogP contribution in [0.15, 0.2) is 72.8 Å². The van der Waals surface area contributed by atoms with E-state index >= 15 is 0 Å². The van der Waals surface area contributed by atoms with Gasteiger partial charge >= 0.3 is 12.1 Å². The number of rotatable bonds is 11. The fraction of sp³-hybridized carbons (Fsp3) is 0.286. The van der Waals surface area contributed by atoms with E-state index in [9.17, 15) is 22.8 Å². The second kappa shape index (κ2) is 12.2. The van der Waals surface area contributed by atoms with Crippen LogP contribution in [0.3, 0.4) is 0 Å². The molecular formula is C28H28F3NO4. The molecule has 0 spiro atoms. The first-order valence-corrected chi connectivity index (χ1v) is 11.7. The lowest BCUT2D eigenvalue weighted by molar-refractivity contribution is -0.138. The molecule has 0 aliphatic rings. The maximum absolute atomic E-state index is 12.8. The predicted molar refractivity (Wildman–Crippen MR) is 131 cm³/mol. The SMILES string of the molecule is CCCC(COc1ccc(-c2ccc(C(F)(F)F)cc2)cc1)c1ccc(C(=O)NCCC(=O)O)cc1. The molecule has 0 aliphatic heterocycles. The molecule has 5 nitrogen and oxygen atoms in total. The van der Waals surface area contributed by atoms with Crippen molar-refractivity contribution < 1.29 is 32.6 Å². The number of hydrogen-bond acceptors (Lipinski definition) is 3. The first kappa shape index (κ1) is 26.8. The van der Waals surface area contributed by atoms with E-state index < -0.39 is 17.7 Å². The molecule has 1 amide bonds. The smallest absolute Gasteiger partial charge is 0.416 e. The summed E-state index contributed by atoms with van der Waals surface area (Å²) in [5.41, 5.74) is 2.28. The van der Waals surface area contributed by atoms with Gasteiger partial charge in [-0.2, -0.15) is 13.2 Å². The highest BCUT2D eigenvalue weighted by atomic mass is 19.4. The van der Waals surface area contributed by atoms with Crippen molar-refractivity contribution in [1.82, 2.24) is 5.32 Å². The minimum atomic E-state index is -4.36. The van der Waals surface area contributed by atoms with Gasteiger partial charge in [0.25, 0.3) is 5.91 Å². The fourth-order valence-electron chi connectivity index (χ4n) is 3.78. The van der Waals surface area contributed by atoms with Gasteiger partial charge in [0.05, 0.1) is 18.6 Å². The van der Waals surface area contributed by atoms with Crippen LogP contribution < -0.4 is 10.1 Å². The lowest BCUT2D eigenvalue weighted by Crippen LogP contribution is -2.26. The van der Waals surface area contributed by atoms with Gasteiger partial charge in [-0.3, -0.25) is 9.59 Å². The average molecular weight is 500 g/mol. The van der Waals surface area contributed by atoms with Crippen molar-refractivity contribution in [3.05, 3.63) is 89.5 Å². The zero-order valence-corrected chi connectivity index (χ0v) is 19.8. The zero-order chi connectivity index (χ0) is 26.1. The minimum absolute atomic E-state index is 0.0693. The maximum atomic E-state index is 12.8. The molecule has 8 heteroatoms. The van der Waals surface area contributed by atoms with E-state index in [0.717, 1.165) is 36.1 Å². The number of alkyl halides is 3. The summed E-state index contributed by atoms with van der Waals surface area (Å²) < 4.78 is 44.3. The number of ether oxygens (including phenoxy) is 1. The van der Waals surface area contributed by atoms with Crippen LogP contribution in [-0.2, 0) is 11.0 Å². The van der Waals surface area contributed by atoms with Crippen molar-refractivity contribution >= 4 is 11.9 Å². The summed E-state index contributed by atoms with van der Waals surface area (Å²) >= 11 is 0. The summed E-state index contributed by atoms with van der Waals surface area (Å²) in [6.45, 7) is 2.58. The Morgan fingerprint density at radius 2 is 1.50 bits per heavy atom. The number of hydrogen-bond donors (Lipinski definition) is 2. The second-order valence-corrected chi connectivity index (χ2v) is 8.42. The summed E-state index contributed by atoms with van der Waals surface area (Å²) in [5, 5.41) is 11.3. The quantitative estimate of drug-likeness (QED) is 0.314. The van der Waals surface area contributed by atoms with E-state index in [1.165, 1.54) is 12.1 Å². The fourth-order valence-corrected chi connectivity index (χ4v) is 3.78. The lowest BCUT2D eigenvalue weighted by atomic mass is 9.94. The molecule has 1 unspecified atom stereocenters. The third kappa shape index (κ3) is 7.60. The van der Waals surface area contributed by atoms with Crippen molar-refractivity contribution in [2.45, 2.75) is 38.3 Å². The molecule has 190 valence electrons. The molecule has 0 heterocycles. The normalized spacial score (nSPS) is 12.1. The van der Waals surface area contributed by atoms with Crippen LogP contribution in [0.1, 0.15) is 53.6 Å². The molecule has 0 radical (unpaired) electrons. The van der Waals surface area contributed by atoms with Crippen LogP contribution in [0.4, 0.5) is 13.2 Å². The number of carboxylic acid groups (broad SMARTS) is 1. The lowest BCUT2D eigenvalue weighted by Gasteiger charge is -2.18. The summed E-state index contributed by atoms with van der Waals surface area (Å²) in [4.78, 5) is 22.7. The van der Waals surface area contributed by atoms with Gasteiger partial charge in [-0.25, -0.2) is 0 Å². The first-order chi connectivity index (χ1) is 17.2. The monoisotopic (exact) mass is 499 g/mol. The molecule has 36 heavy (non-hydrogen) atoms. The van der Waals surface area contributed by atoms with Gasteiger partial charge in [0, 0.05) is 18.0 Å². The standard InChI is InChI=1S/C28H28F3NO4/c1-2-3-23(21-4-6-22(7-5-21)27(35)32-17-16-26(33)34)18-36-25-14-10-20(11-15-25)19-8-12-24(13-9-19)28(29,30)31/h4-15,23H,2-3,16-18H2,1H3,(H,32,35)(H,33,34). The van der Waals surface area contributed by atoms with Crippen LogP contribution in [0, 0.1) is 0 Å². The minimum Gasteiger partial charge on any atom is -0.493 e. The molecule has 0 saturated heterocycles. The Morgan fingerprint density at radius 1 is 0.917 bits per heavy atom. The number of aliphatic carboxylic acids is 1. The number of nitrogens with one attached hydrogen (secondary N) is 1. The van der Waals surface area contributed by atoms with Gasteiger partial charge in [-0.15, -0.1) is 0 Å². The second-order valence-electron chi connectivity index (χ2n) is 8.42. The summed E-state index contributed by atoms with van der Waals surface area (Å²) in [5.74, 6) is -0.531. The highest BCUT2D eigenvalue weighted by molar-refractivity contribution is 5.94. The Balaban J connectivity index is 1.60. The summed E-state index contributed by atoms with van der Waals surface area (Å²) in [7, 11) is 0. The number of amides is 1. The third-order valence-electron chi connectivity index (χ3n) is 5.76. The number of carboxylic acids is 1. The van der Waals surface area contributed by atoms with E-state index in [-0.39, 0.29) is 24.8 Å². The maximum Gasteiger partial charge on any atom is 0.416 e. The molecular weight excluding hydrogens is 471 g/mol. The van der Waals surface area contributed by atoms with Gasteiger partial charge in [0.1, 0.15) is 5.75 Å². The molecule has 0 bridgehead atoms. The highest BCUT2D eigenvalue weighted by Gasteiger charge is 2.29. The van der Waals surface area contributed by atoms with Crippen molar-refractivity contribution in [2.75, 3.05) is 13.2 Å². The number of benzene rings is 3. The number of carbonyl (C=O) groups is 2. The largest absolute Gasteiger partial charge is 0.493 e. The molecule has 0 aliphatic carbocycles. The van der Waals surface area contributed by atoms with Crippen molar-refractivity contribution in [3.8, 4) is 16.9 Å². The molecule has 0 fully saturated rings. The Morgan fingerprint density at radius 3 is 2.03 bits per heavy atom. The van der Waals surface area contributed by atoms with Crippen molar-refractivity contribution in [1.29, 1.82) is 0 Å². The Bertz CT molecular complexity index is 1140. The van der Waals surface area contributed by atoms with Crippen molar-refractivity contribution in [3.63, 3.8) is 0 Å². The first-order valence-electron chi connectivity index (χ1n) is 11.7. The van der Waals surface area contributed by atoms with Crippen LogP contribution in [-0.4, -0.2) is 30.1 Å². The Labute approximate surface area is 207 Å². The predicted octanol–water partition coefficient (Wildman–Crippen LogP) is 6.54. The van der Waals surface area contributed by atoms with Gasteiger partial charge in [-0.05, 0) is 59.5 Å². The topological polar surface area (TPSA) is 75.6 Å². The molecule has 3 rings (SSSR count). The summed E-state index contributed by atoms with van der Waals surface area (Å²) in [6.07, 6.45) is -2.67. The van der Waals surface area contributed by atoms with Gasteiger partial charge < -0.3 is 15.2 Å².